The highest BCUT2D eigenvalue weighted by Crippen LogP contribution is 2.45. The van der Waals surface area contributed by atoms with Gasteiger partial charge in [0.15, 0.2) is 0 Å². The number of fused-ring (bicyclic) bond motifs is 2. The Hall–Kier alpha value is -3.41. The van der Waals surface area contributed by atoms with Crippen LogP contribution >= 0.6 is 22.7 Å². The maximum Gasteiger partial charge on any atom is 0.260 e. The van der Waals surface area contributed by atoms with Crippen molar-refractivity contribution >= 4 is 50.3 Å². The summed E-state index contributed by atoms with van der Waals surface area (Å²) in [5.41, 5.74) is 15.9. The summed E-state index contributed by atoms with van der Waals surface area (Å²) < 4.78 is 0. The first-order valence-corrected chi connectivity index (χ1v) is 11.1. The molecule has 30 heavy (non-hydrogen) atoms. The molecule has 8 heteroatoms. The van der Waals surface area contributed by atoms with Gasteiger partial charge in [-0.1, -0.05) is 30.3 Å². The average Bonchev–Trinajstić information content (AvgIpc) is 3.40. The van der Waals surface area contributed by atoms with E-state index in [1.54, 1.807) is 0 Å². The fourth-order valence-electron chi connectivity index (χ4n) is 4.00. The molecule has 0 saturated carbocycles. The minimum absolute atomic E-state index is 0.278. The highest BCUT2D eigenvalue weighted by Gasteiger charge is 2.28. The van der Waals surface area contributed by atoms with E-state index in [4.69, 9.17) is 16.5 Å². The molecule has 0 atom stereocenters. The van der Waals surface area contributed by atoms with Crippen LogP contribution in [0, 0.1) is 11.3 Å². The molecule has 0 fully saturated rings. The topological polar surface area (TPSA) is 109 Å². The highest BCUT2D eigenvalue weighted by molar-refractivity contribution is 7.21. The van der Waals surface area contributed by atoms with Crippen LogP contribution in [0.15, 0.2) is 41.8 Å². The van der Waals surface area contributed by atoms with Gasteiger partial charge in [-0.25, -0.2) is 4.98 Å². The molecule has 0 unspecified atom stereocenters. The predicted molar refractivity (Wildman–Crippen MR) is 122 cm³/mol. The van der Waals surface area contributed by atoms with E-state index in [-0.39, 0.29) is 4.88 Å². The number of nitriles is 1. The van der Waals surface area contributed by atoms with Crippen molar-refractivity contribution in [1.82, 2.24) is 4.98 Å². The van der Waals surface area contributed by atoms with Gasteiger partial charge in [0.05, 0.1) is 5.69 Å². The lowest BCUT2D eigenvalue weighted by Crippen LogP contribution is -2.31. The number of primary amides is 1. The normalized spacial score (nSPS) is 13.2. The van der Waals surface area contributed by atoms with Crippen molar-refractivity contribution in [3.05, 3.63) is 63.3 Å². The van der Waals surface area contributed by atoms with Crippen molar-refractivity contribution in [3.8, 4) is 16.5 Å². The number of benzene rings is 1. The van der Waals surface area contributed by atoms with Gasteiger partial charge in [-0.05, 0) is 29.0 Å². The number of nitrogen functional groups attached to an aromatic ring is 1. The molecular formula is C22H17N5OS2. The molecule has 5 rings (SSSR count). The summed E-state index contributed by atoms with van der Waals surface area (Å²) in [5.74, 6) is 0.0414. The molecule has 0 bridgehead atoms. The zero-order valence-corrected chi connectivity index (χ0v) is 17.5. The highest BCUT2D eigenvalue weighted by atomic mass is 32.1. The van der Waals surface area contributed by atoms with Crippen LogP contribution < -0.4 is 16.4 Å². The lowest BCUT2D eigenvalue weighted by molar-refractivity contribution is 0.100. The van der Waals surface area contributed by atoms with E-state index in [9.17, 15) is 10.1 Å². The zero-order chi connectivity index (χ0) is 20.8. The number of carbonyl (C=O) groups is 1. The lowest BCUT2D eigenvalue weighted by Gasteiger charge is -2.31. The third-order valence-corrected chi connectivity index (χ3v) is 7.39. The van der Waals surface area contributed by atoms with Crippen molar-refractivity contribution in [2.24, 2.45) is 5.73 Å². The molecule has 4 aromatic rings. The fourth-order valence-corrected chi connectivity index (χ4v) is 5.74. The zero-order valence-electron chi connectivity index (χ0n) is 15.9. The van der Waals surface area contributed by atoms with Crippen molar-refractivity contribution in [1.29, 1.82) is 5.26 Å². The Kier molecular flexibility index (Phi) is 4.42. The fraction of sp³-hybridized carbons (Fsp3) is 0.136. The number of hydrogen-bond acceptors (Lipinski definition) is 7. The van der Waals surface area contributed by atoms with Crippen LogP contribution in [0.4, 0.5) is 11.5 Å². The number of nitrogens with two attached hydrogens (primary N) is 2. The van der Waals surface area contributed by atoms with Gasteiger partial charge in [0.1, 0.15) is 27.2 Å². The number of thiophene rings is 2. The molecule has 1 aromatic carbocycles. The summed E-state index contributed by atoms with van der Waals surface area (Å²) in [7, 11) is 0. The molecule has 1 aliphatic rings. The Morgan fingerprint density at radius 2 is 2.00 bits per heavy atom. The summed E-state index contributed by atoms with van der Waals surface area (Å²) in [6, 6.07) is 14.6. The van der Waals surface area contributed by atoms with Gasteiger partial charge in [-0.15, -0.1) is 22.7 Å². The maximum absolute atomic E-state index is 11.9. The van der Waals surface area contributed by atoms with Gasteiger partial charge in [0.2, 0.25) is 0 Å². The second-order valence-corrected chi connectivity index (χ2v) is 9.05. The molecule has 4 N–H and O–H groups in total. The summed E-state index contributed by atoms with van der Waals surface area (Å²) in [4.78, 5) is 20.7. The van der Waals surface area contributed by atoms with Crippen LogP contribution in [0.3, 0.4) is 0 Å². The monoisotopic (exact) mass is 431 g/mol. The second-order valence-electron chi connectivity index (χ2n) is 7.10. The van der Waals surface area contributed by atoms with Gasteiger partial charge in [0, 0.05) is 28.9 Å². The molecule has 0 spiro atoms. The summed E-state index contributed by atoms with van der Waals surface area (Å²) in [5, 5.41) is 12.7. The Labute approximate surface area is 181 Å². The second kappa shape index (κ2) is 7.13. The first kappa shape index (κ1) is 18.6. The van der Waals surface area contributed by atoms with E-state index in [0.29, 0.717) is 33.8 Å². The number of aromatic nitrogens is 1. The van der Waals surface area contributed by atoms with Crippen molar-refractivity contribution in [2.45, 2.75) is 13.0 Å². The first-order chi connectivity index (χ1) is 14.6. The van der Waals surface area contributed by atoms with E-state index in [0.717, 1.165) is 23.4 Å². The molecule has 1 amide bonds. The predicted octanol–water partition coefficient (Wildman–Crippen LogP) is 4.14. The van der Waals surface area contributed by atoms with E-state index >= 15 is 0 Å². The number of rotatable bonds is 3. The molecule has 3 aromatic heterocycles. The van der Waals surface area contributed by atoms with Crippen LogP contribution in [-0.4, -0.2) is 17.4 Å². The van der Waals surface area contributed by atoms with E-state index < -0.39 is 5.91 Å². The number of carbonyl (C=O) groups excluding carboxylic acids is 1. The van der Waals surface area contributed by atoms with Crippen LogP contribution in [0.25, 0.3) is 20.7 Å². The third-order valence-electron chi connectivity index (χ3n) is 5.39. The average molecular weight is 432 g/mol. The van der Waals surface area contributed by atoms with Gasteiger partial charge in [-0.2, -0.15) is 5.26 Å². The third kappa shape index (κ3) is 2.83. The standard InChI is InChI=1S/C22H17N5OS2/c23-10-14-16(15-6-3-9-29-15)17-18(24)19(20(25)28)30-22(17)26-21(14)27-8-7-12-4-1-2-5-13(12)11-27/h1-6,9H,7-8,11,24H2,(H2,25,28). The molecule has 0 saturated heterocycles. The molecule has 1 aliphatic heterocycles. The van der Waals surface area contributed by atoms with Crippen molar-refractivity contribution in [2.75, 3.05) is 17.2 Å². The van der Waals surface area contributed by atoms with E-state index in [2.05, 4.69) is 23.1 Å². The SMILES string of the molecule is N#Cc1c(N2CCc3ccccc3C2)nc2sc(C(N)=O)c(N)c2c1-c1cccs1. The van der Waals surface area contributed by atoms with E-state index in [1.165, 1.54) is 33.8 Å². The van der Waals surface area contributed by atoms with Gasteiger partial charge < -0.3 is 16.4 Å². The summed E-state index contributed by atoms with van der Waals surface area (Å²) >= 11 is 2.71. The van der Waals surface area contributed by atoms with E-state index in [1.807, 2.05) is 29.6 Å². The first-order valence-electron chi connectivity index (χ1n) is 9.40. The van der Waals surface area contributed by atoms with Gasteiger partial charge >= 0.3 is 0 Å². The van der Waals surface area contributed by atoms with Crippen LogP contribution in [0.5, 0.6) is 0 Å². The Balaban J connectivity index is 1.78. The molecule has 0 aliphatic carbocycles. The molecule has 6 nitrogen and oxygen atoms in total. The van der Waals surface area contributed by atoms with Crippen molar-refractivity contribution < 1.29 is 4.79 Å². The molecule has 0 radical (unpaired) electrons. The quantitative estimate of drug-likeness (QED) is 0.507. The molecular weight excluding hydrogens is 414 g/mol. The number of pyridine rings is 1. The molecule has 4 heterocycles. The van der Waals surface area contributed by atoms with Gasteiger partial charge in [0.25, 0.3) is 5.91 Å². The van der Waals surface area contributed by atoms with Crippen LogP contribution in [0.1, 0.15) is 26.4 Å². The summed E-state index contributed by atoms with van der Waals surface area (Å²) in [6.45, 7) is 1.44. The Morgan fingerprint density at radius 3 is 2.70 bits per heavy atom. The van der Waals surface area contributed by atoms with Crippen LogP contribution in [-0.2, 0) is 13.0 Å². The number of amides is 1. The number of anilines is 2. The number of nitrogens with zero attached hydrogens (tertiary/aromatic N) is 3. The van der Waals surface area contributed by atoms with Gasteiger partial charge in [-0.3, -0.25) is 4.79 Å². The largest absolute Gasteiger partial charge is 0.397 e. The molecule has 148 valence electrons. The summed E-state index contributed by atoms with van der Waals surface area (Å²) in [6.07, 6.45) is 0.883. The Morgan fingerprint density at radius 1 is 1.20 bits per heavy atom. The Bertz CT molecular complexity index is 1330. The van der Waals surface area contributed by atoms with Crippen molar-refractivity contribution in [3.63, 3.8) is 0 Å². The lowest BCUT2D eigenvalue weighted by atomic mass is 9.98. The minimum Gasteiger partial charge on any atom is -0.397 e. The smallest absolute Gasteiger partial charge is 0.260 e. The minimum atomic E-state index is -0.584. The number of hydrogen-bond donors (Lipinski definition) is 2. The van der Waals surface area contributed by atoms with Crippen LogP contribution in [0.2, 0.25) is 0 Å². The maximum atomic E-state index is 11.9.